The predicted octanol–water partition coefficient (Wildman–Crippen LogP) is 3.96. The third-order valence-corrected chi connectivity index (χ3v) is 4.87. The molecule has 0 aliphatic heterocycles. The lowest BCUT2D eigenvalue weighted by molar-refractivity contribution is 0.315. The normalized spacial score (nSPS) is 12.4. The highest BCUT2D eigenvalue weighted by atomic mass is 15.6. The molecule has 5 nitrogen and oxygen atoms in total. The van der Waals surface area contributed by atoms with Crippen LogP contribution in [0.25, 0.3) is 0 Å². The van der Waals surface area contributed by atoms with Gasteiger partial charge in [-0.2, -0.15) is 0 Å². The van der Waals surface area contributed by atoms with E-state index in [-0.39, 0.29) is 12.1 Å². The van der Waals surface area contributed by atoms with Crippen LogP contribution in [0, 0.1) is 0 Å². The van der Waals surface area contributed by atoms with Gasteiger partial charge in [0.05, 0.1) is 6.04 Å². The molecule has 1 aromatic heterocycles. The number of hydrogen-bond donors (Lipinski definition) is 0. The van der Waals surface area contributed by atoms with E-state index in [1.807, 2.05) is 35.0 Å². The Morgan fingerprint density at radius 1 is 0.679 bits per heavy atom. The maximum atomic E-state index is 4.45. The van der Waals surface area contributed by atoms with E-state index >= 15 is 0 Å². The Morgan fingerprint density at radius 2 is 1.14 bits per heavy atom. The molecule has 1 atom stereocenters. The van der Waals surface area contributed by atoms with Gasteiger partial charge in [0.15, 0.2) is 5.82 Å². The van der Waals surface area contributed by atoms with E-state index < -0.39 is 0 Å². The maximum absolute atomic E-state index is 4.45. The van der Waals surface area contributed by atoms with Gasteiger partial charge in [-0.15, -0.1) is 5.10 Å². The molecule has 5 heteroatoms. The first kappa shape index (κ1) is 18.1. The van der Waals surface area contributed by atoms with Gasteiger partial charge >= 0.3 is 0 Å². The molecule has 0 saturated heterocycles. The Morgan fingerprint density at radius 3 is 1.61 bits per heavy atom. The number of rotatable bonds is 6. The zero-order valence-electron chi connectivity index (χ0n) is 16.1. The van der Waals surface area contributed by atoms with Gasteiger partial charge in [-0.3, -0.25) is 4.90 Å². The van der Waals surface area contributed by atoms with Crippen LogP contribution in [-0.4, -0.2) is 39.2 Å². The van der Waals surface area contributed by atoms with Crippen molar-refractivity contribution in [1.29, 1.82) is 0 Å². The minimum absolute atomic E-state index is 0.0499. The highest BCUT2D eigenvalue weighted by Crippen LogP contribution is 2.31. The van der Waals surface area contributed by atoms with Crippen molar-refractivity contribution >= 4 is 0 Å². The third kappa shape index (κ3) is 3.57. The van der Waals surface area contributed by atoms with Gasteiger partial charge < -0.3 is 0 Å². The molecule has 0 radical (unpaired) electrons. The second kappa shape index (κ2) is 8.15. The Balaban J connectivity index is 1.87. The molecule has 0 amide bonds. The van der Waals surface area contributed by atoms with E-state index in [1.165, 1.54) is 0 Å². The van der Waals surface area contributed by atoms with Gasteiger partial charge in [0.1, 0.15) is 6.04 Å². The number of tetrazole rings is 1. The second-order valence-electron chi connectivity index (χ2n) is 6.98. The summed E-state index contributed by atoms with van der Waals surface area (Å²) in [6.45, 7) is 0. The van der Waals surface area contributed by atoms with Crippen LogP contribution in [-0.2, 0) is 0 Å². The molecule has 28 heavy (non-hydrogen) atoms. The molecule has 0 bridgehead atoms. The molecule has 0 fully saturated rings. The van der Waals surface area contributed by atoms with Crippen molar-refractivity contribution in [2.45, 2.75) is 12.1 Å². The minimum Gasteiger partial charge on any atom is -0.296 e. The Bertz CT molecular complexity index is 957. The molecule has 0 N–H and O–H groups in total. The highest BCUT2D eigenvalue weighted by molar-refractivity contribution is 5.34. The monoisotopic (exact) mass is 369 g/mol. The highest BCUT2D eigenvalue weighted by Gasteiger charge is 2.28. The van der Waals surface area contributed by atoms with Crippen LogP contribution in [0.5, 0.6) is 0 Å². The fraction of sp³-hybridized carbons (Fsp3) is 0.174. The lowest BCUT2D eigenvalue weighted by atomic mass is 9.98. The average molecular weight is 369 g/mol. The van der Waals surface area contributed by atoms with Gasteiger partial charge in [-0.25, -0.2) is 4.68 Å². The summed E-state index contributed by atoms with van der Waals surface area (Å²) >= 11 is 0. The van der Waals surface area contributed by atoms with Crippen molar-refractivity contribution in [2.75, 3.05) is 14.1 Å². The van der Waals surface area contributed by atoms with E-state index in [4.69, 9.17) is 0 Å². The Kier molecular flexibility index (Phi) is 5.26. The van der Waals surface area contributed by atoms with Gasteiger partial charge in [0, 0.05) is 0 Å². The van der Waals surface area contributed by atoms with E-state index in [9.17, 15) is 0 Å². The zero-order valence-corrected chi connectivity index (χ0v) is 16.1. The summed E-state index contributed by atoms with van der Waals surface area (Å²) in [7, 11) is 4.10. The van der Waals surface area contributed by atoms with Crippen molar-refractivity contribution < 1.29 is 0 Å². The summed E-state index contributed by atoms with van der Waals surface area (Å²) in [6.07, 6.45) is 0. The quantitative estimate of drug-likeness (QED) is 0.516. The number of aromatic nitrogens is 4. The molecule has 0 saturated carbocycles. The number of benzene rings is 3. The fourth-order valence-corrected chi connectivity index (χ4v) is 3.62. The molecule has 3 aromatic carbocycles. The summed E-state index contributed by atoms with van der Waals surface area (Å²) in [5.74, 6) is 0.814. The first-order valence-corrected chi connectivity index (χ1v) is 9.34. The molecular weight excluding hydrogens is 346 g/mol. The Labute approximate surface area is 165 Å². The smallest absolute Gasteiger partial charge is 0.174 e. The summed E-state index contributed by atoms with van der Waals surface area (Å²) < 4.78 is 1.95. The number of nitrogens with zero attached hydrogens (tertiary/aromatic N) is 5. The molecule has 0 aliphatic rings. The van der Waals surface area contributed by atoms with Crippen LogP contribution >= 0.6 is 0 Å². The summed E-state index contributed by atoms with van der Waals surface area (Å²) in [5.41, 5.74) is 3.45. The van der Waals surface area contributed by atoms with Gasteiger partial charge in [-0.05, 0) is 41.2 Å². The summed E-state index contributed by atoms with van der Waals surface area (Å²) in [6, 6.07) is 30.9. The second-order valence-corrected chi connectivity index (χ2v) is 6.98. The average Bonchev–Trinajstić information content (AvgIpc) is 3.19. The van der Waals surface area contributed by atoms with Crippen LogP contribution in [0.3, 0.4) is 0 Å². The van der Waals surface area contributed by atoms with Crippen molar-refractivity contribution in [1.82, 2.24) is 25.1 Å². The molecule has 140 valence electrons. The molecule has 0 spiro atoms. The Hall–Kier alpha value is -3.31. The van der Waals surface area contributed by atoms with Crippen LogP contribution in [0.2, 0.25) is 0 Å². The van der Waals surface area contributed by atoms with Crippen LogP contribution in [0.1, 0.15) is 34.6 Å². The van der Waals surface area contributed by atoms with Crippen molar-refractivity contribution in [2.24, 2.45) is 0 Å². The van der Waals surface area contributed by atoms with Crippen molar-refractivity contribution in [3.63, 3.8) is 0 Å². The zero-order chi connectivity index (χ0) is 19.3. The summed E-state index contributed by atoms with van der Waals surface area (Å²) in [4.78, 5) is 2.14. The van der Waals surface area contributed by atoms with Crippen molar-refractivity contribution in [3.8, 4) is 0 Å². The van der Waals surface area contributed by atoms with E-state index in [1.54, 1.807) is 0 Å². The first-order valence-electron chi connectivity index (χ1n) is 9.34. The molecule has 4 aromatic rings. The molecule has 1 heterocycles. The molecule has 4 rings (SSSR count). The van der Waals surface area contributed by atoms with Gasteiger partial charge in [0.2, 0.25) is 0 Å². The minimum atomic E-state index is -0.0986. The van der Waals surface area contributed by atoms with E-state index in [0.29, 0.717) is 0 Å². The SMILES string of the molecule is CN(C)C(c1ccccc1)c1nnnn1C(c1ccccc1)c1ccccc1. The lowest BCUT2D eigenvalue weighted by Gasteiger charge is -2.27. The van der Waals surface area contributed by atoms with Crippen LogP contribution < -0.4 is 0 Å². The van der Waals surface area contributed by atoms with E-state index in [2.05, 4.69) is 95.2 Å². The van der Waals surface area contributed by atoms with Gasteiger partial charge in [-0.1, -0.05) is 91.0 Å². The van der Waals surface area contributed by atoms with Crippen molar-refractivity contribution in [3.05, 3.63) is 114 Å². The van der Waals surface area contributed by atoms with Gasteiger partial charge in [0.25, 0.3) is 0 Å². The maximum Gasteiger partial charge on any atom is 0.174 e. The first-order chi connectivity index (χ1) is 13.8. The largest absolute Gasteiger partial charge is 0.296 e. The topological polar surface area (TPSA) is 46.8 Å². The lowest BCUT2D eigenvalue weighted by Crippen LogP contribution is -2.27. The van der Waals surface area contributed by atoms with Crippen LogP contribution in [0.15, 0.2) is 91.0 Å². The summed E-state index contributed by atoms with van der Waals surface area (Å²) in [5, 5.41) is 12.9. The third-order valence-electron chi connectivity index (χ3n) is 4.87. The predicted molar refractivity (Wildman–Crippen MR) is 110 cm³/mol. The fourth-order valence-electron chi connectivity index (χ4n) is 3.62. The molecule has 1 unspecified atom stereocenters. The molecular formula is C23H23N5. The standard InChI is InChI=1S/C23H23N5/c1-27(2)22(20-16-10-5-11-17-20)23-24-25-26-28(23)21(18-12-6-3-7-13-18)19-14-8-4-9-15-19/h3-17,21-22H,1-2H3. The van der Waals surface area contributed by atoms with Crippen LogP contribution in [0.4, 0.5) is 0 Å². The van der Waals surface area contributed by atoms with E-state index in [0.717, 1.165) is 22.5 Å². The molecule has 0 aliphatic carbocycles. The number of hydrogen-bond acceptors (Lipinski definition) is 4.